The molecule has 0 fully saturated rings. The summed E-state index contributed by atoms with van der Waals surface area (Å²) in [5.74, 6) is -0.293. The van der Waals surface area contributed by atoms with Crippen molar-refractivity contribution in [3.05, 3.63) is 88.2 Å². The molecule has 0 bridgehead atoms. The fourth-order valence-electron chi connectivity index (χ4n) is 4.15. The molecule has 4 aromatic rings. The third-order valence-electron chi connectivity index (χ3n) is 6.38. The van der Waals surface area contributed by atoms with Crippen LogP contribution < -0.4 is 10.9 Å². The van der Waals surface area contributed by atoms with E-state index in [2.05, 4.69) is 5.32 Å². The molecule has 10 heteroatoms. The second kappa shape index (κ2) is 11.5. The van der Waals surface area contributed by atoms with Gasteiger partial charge in [0.2, 0.25) is 15.9 Å². The minimum atomic E-state index is -3.58. The molecule has 198 valence electrons. The first-order chi connectivity index (χ1) is 18.2. The molecule has 0 spiro atoms. The second-order valence-electron chi connectivity index (χ2n) is 8.72. The van der Waals surface area contributed by atoms with E-state index in [0.29, 0.717) is 34.8 Å². The number of para-hydroxylation sites is 1. The van der Waals surface area contributed by atoms with Crippen molar-refractivity contribution < 1.29 is 13.2 Å². The Morgan fingerprint density at radius 3 is 2.34 bits per heavy atom. The summed E-state index contributed by atoms with van der Waals surface area (Å²) in [7, 11) is -3.58. The van der Waals surface area contributed by atoms with E-state index in [1.807, 2.05) is 38.1 Å². The molecular weight excluding hydrogens is 520 g/mol. The Bertz CT molecular complexity index is 1640. The van der Waals surface area contributed by atoms with Gasteiger partial charge in [-0.2, -0.15) is 4.31 Å². The minimum Gasteiger partial charge on any atom is -0.325 e. The topological polar surface area (TPSA) is 101 Å². The van der Waals surface area contributed by atoms with Crippen LogP contribution in [0.2, 0.25) is 0 Å². The zero-order chi connectivity index (χ0) is 27.4. The molecule has 0 atom stereocenters. The fourth-order valence-corrected chi connectivity index (χ4v) is 6.41. The predicted molar refractivity (Wildman–Crippen MR) is 153 cm³/mol. The highest BCUT2D eigenvalue weighted by atomic mass is 32.2. The summed E-state index contributed by atoms with van der Waals surface area (Å²) >= 11 is 1.17. The van der Waals surface area contributed by atoms with Crippen LogP contribution in [0.5, 0.6) is 0 Å². The van der Waals surface area contributed by atoms with Crippen molar-refractivity contribution in [3.63, 3.8) is 0 Å². The Balaban J connectivity index is 1.58. The average Bonchev–Trinajstić information content (AvgIpc) is 2.90. The van der Waals surface area contributed by atoms with Crippen LogP contribution in [0.4, 0.5) is 5.69 Å². The summed E-state index contributed by atoms with van der Waals surface area (Å²) in [6.07, 6.45) is 0. The maximum absolute atomic E-state index is 13.5. The fraction of sp³-hybridized carbons (Fsp3) is 0.250. The first-order valence-corrected chi connectivity index (χ1v) is 14.7. The SMILES string of the molecule is CCN(CC)S(=O)(=O)c1ccc(NC(=O)CSc2nc3ccccc3c(=O)n2-c2cccc(C)c2C)cc1. The second-order valence-corrected chi connectivity index (χ2v) is 11.6. The Labute approximate surface area is 226 Å². The maximum atomic E-state index is 13.5. The molecule has 8 nitrogen and oxygen atoms in total. The quantitative estimate of drug-likeness (QED) is 0.238. The monoisotopic (exact) mass is 550 g/mol. The number of aromatic nitrogens is 2. The summed E-state index contributed by atoms with van der Waals surface area (Å²) in [5, 5.41) is 3.71. The number of hydrogen-bond donors (Lipinski definition) is 1. The number of nitrogens with one attached hydrogen (secondary N) is 1. The van der Waals surface area contributed by atoms with Crippen LogP contribution in [0.15, 0.2) is 81.6 Å². The molecule has 0 radical (unpaired) electrons. The number of thioether (sulfide) groups is 1. The van der Waals surface area contributed by atoms with Gasteiger partial charge in [0.1, 0.15) is 0 Å². The minimum absolute atomic E-state index is 0.00907. The van der Waals surface area contributed by atoms with Crippen molar-refractivity contribution in [2.75, 3.05) is 24.2 Å². The zero-order valence-electron chi connectivity index (χ0n) is 21.8. The molecule has 0 unspecified atom stereocenters. The van der Waals surface area contributed by atoms with Gasteiger partial charge in [0.25, 0.3) is 5.56 Å². The molecule has 38 heavy (non-hydrogen) atoms. The van der Waals surface area contributed by atoms with Gasteiger partial charge in [-0.25, -0.2) is 13.4 Å². The van der Waals surface area contributed by atoms with Crippen LogP contribution in [-0.2, 0) is 14.8 Å². The molecular formula is C28H30N4O4S2. The standard InChI is InChI=1S/C28H30N4O4S2/c1-5-31(6-2)38(35,36)22-16-14-21(15-17-22)29-26(33)18-37-28-30-24-12-8-7-11-23(24)27(34)32(28)25-13-9-10-19(3)20(25)4/h7-17H,5-6,18H2,1-4H3,(H,29,33). The Morgan fingerprint density at radius 2 is 1.66 bits per heavy atom. The summed E-state index contributed by atoms with van der Waals surface area (Å²) < 4.78 is 28.3. The number of carbonyl (C=O) groups excluding carboxylic acids is 1. The highest BCUT2D eigenvalue weighted by Gasteiger charge is 2.21. The lowest BCUT2D eigenvalue weighted by Crippen LogP contribution is -2.30. The van der Waals surface area contributed by atoms with Gasteiger partial charge in [0, 0.05) is 18.8 Å². The molecule has 0 saturated carbocycles. The van der Waals surface area contributed by atoms with Crippen molar-refractivity contribution in [2.24, 2.45) is 0 Å². The summed E-state index contributed by atoms with van der Waals surface area (Å²) in [5.41, 5.74) is 3.57. The Hall–Kier alpha value is -3.47. The van der Waals surface area contributed by atoms with E-state index in [1.54, 1.807) is 48.7 Å². The van der Waals surface area contributed by atoms with E-state index in [-0.39, 0.29) is 22.1 Å². The largest absolute Gasteiger partial charge is 0.325 e. The molecule has 0 aliphatic carbocycles. The lowest BCUT2D eigenvalue weighted by atomic mass is 10.1. The number of aryl methyl sites for hydroxylation is 1. The number of hydrogen-bond acceptors (Lipinski definition) is 6. The summed E-state index contributed by atoms with van der Waals surface area (Å²) in [4.78, 5) is 31.2. The van der Waals surface area contributed by atoms with E-state index < -0.39 is 10.0 Å². The first-order valence-electron chi connectivity index (χ1n) is 12.3. The van der Waals surface area contributed by atoms with Crippen LogP contribution in [-0.4, -0.2) is 47.0 Å². The number of anilines is 1. The van der Waals surface area contributed by atoms with Crippen molar-refractivity contribution in [1.82, 2.24) is 13.9 Å². The predicted octanol–water partition coefficient (Wildman–Crippen LogP) is 4.76. The van der Waals surface area contributed by atoms with Crippen molar-refractivity contribution in [3.8, 4) is 5.69 Å². The lowest BCUT2D eigenvalue weighted by molar-refractivity contribution is -0.113. The molecule has 3 aromatic carbocycles. The average molecular weight is 551 g/mol. The van der Waals surface area contributed by atoms with Crippen LogP contribution in [0.1, 0.15) is 25.0 Å². The zero-order valence-corrected chi connectivity index (χ0v) is 23.4. The summed E-state index contributed by atoms with van der Waals surface area (Å²) in [6, 6.07) is 19.0. The molecule has 1 aromatic heterocycles. The van der Waals surface area contributed by atoms with Gasteiger partial charge in [0.05, 0.1) is 27.2 Å². The van der Waals surface area contributed by atoms with Gasteiger partial charge in [0.15, 0.2) is 5.16 Å². The van der Waals surface area contributed by atoms with Crippen LogP contribution in [0.25, 0.3) is 16.6 Å². The third kappa shape index (κ3) is 5.52. The first kappa shape index (κ1) is 27.6. The number of benzene rings is 3. The van der Waals surface area contributed by atoms with E-state index in [0.717, 1.165) is 16.8 Å². The highest BCUT2D eigenvalue weighted by Crippen LogP contribution is 2.25. The van der Waals surface area contributed by atoms with Crippen molar-refractivity contribution in [2.45, 2.75) is 37.7 Å². The van der Waals surface area contributed by atoms with Gasteiger partial charge in [-0.1, -0.05) is 49.9 Å². The normalized spacial score (nSPS) is 11.7. The van der Waals surface area contributed by atoms with Gasteiger partial charge >= 0.3 is 0 Å². The van der Waals surface area contributed by atoms with Gasteiger partial charge in [-0.05, 0) is 67.4 Å². The molecule has 1 amide bonds. The molecule has 1 N–H and O–H groups in total. The van der Waals surface area contributed by atoms with Gasteiger partial charge < -0.3 is 5.32 Å². The molecule has 0 aliphatic heterocycles. The number of fused-ring (bicyclic) bond motifs is 1. The maximum Gasteiger partial charge on any atom is 0.266 e. The van der Waals surface area contributed by atoms with E-state index >= 15 is 0 Å². The number of sulfonamides is 1. The van der Waals surface area contributed by atoms with Gasteiger partial charge in [-0.15, -0.1) is 0 Å². The number of nitrogens with zero attached hydrogens (tertiary/aromatic N) is 3. The molecule has 4 rings (SSSR count). The Kier molecular flexibility index (Phi) is 8.35. The number of amides is 1. The van der Waals surface area contributed by atoms with E-state index in [1.165, 1.54) is 28.2 Å². The van der Waals surface area contributed by atoms with Crippen LogP contribution >= 0.6 is 11.8 Å². The number of carbonyl (C=O) groups is 1. The van der Waals surface area contributed by atoms with Crippen LogP contribution in [0, 0.1) is 13.8 Å². The summed E-state index contributed by atoms with van der Waals surface area (Å²) in [6.45, 7) is 8.28. The van der Waals surface area contributed by atoms with Gasteiger partial charge in [-0.3, -0.25) is 14.2 Å². The lowest BCUT2D eigenvalue weighted by Gasteiger charge is -2.18. The van der Waals surface area contributed by atoms with Crippen molar-refractivity contribution >= 4 is 44.3 Å². The van der Waals surface area contributed by atoms with E-state index in [4.69, 9.17) is 4.98 Å². The number of rotatable bonds is 9. The van der Waals surface area contributed by atoms with Crippen molar-refractivity contribution in [1.29, 1.82) is 0 Å². The molecule has 0 saturated heterocycles. The molecule has 1 heterocycles. The Morgan fingerprint density at radius 1 is 0.974 bits per heavy atom. The smallest absolute Gasteiger partial charge is 0.266 e. The van der Waals surface area contributed by atoms with Crippen LogP contribution in [0.3, 0.4) is 0 Å². The molecule has 0 aliphatic rings. The van der Waals surface area contributed by atoms with E-state index in [9.17, 15) is 18.0 Å². The highest BCUT2D eigenvalue weighted by molar-refractivity contribution is 7.99. The third-order valence-corrected chi connectivity index (χ3v) is 9.38.